The lowest BCUT2D eigenvalue weighted by molar-refractivity contribution is -0.136. The quantitative estimate of drug-likeness (QED) is 0.0724. The monoisotopic (exact) mass is 764 g/mol. The summed E-state index contributed by atoms with van der Waals surface area (Å²) < 4.78 is 23.8. The Kier molecular flexibility index (Phi) is 12.1. The lowest BCUT2D eigenvalue weighted by Gasteiger charge is -2.28. The van der Waals surface area contributed by atoms with Crippen LogP contribution in [0.2, 0.25) is 5.02 Å². The SMILES string of the molecule is CCOc1cc([C@H]2NC(=O)NC(C)=C2C(=O)OC)ccc1OC[C@@H](O)N/N=C\c1cc(Br)c(OCc2ccccc2Cl)c(Br)c1. The van der Waals surface area contributed by atoms with Gasteiger partial charge in [0.1, 0.15) is 19.0 Å². The van der Waals surface area contributed by atoms with Gasteiger partial charge >= 0.3 is 12.0 Å². The van der Waals surface area contributed by atoms with Crippen molar-refractivity contribution in [1.29, 1.82) is 0 Å². The lowest BCUT2D eigenvalue weighted by Crippen LogP contribution is -2.45. The number of hydrazone groups is 1. The van der Waals surface area contributed by atoms with Gasteiger partial charge in [0, 0.05) is 16.3 Å². The van der Waals surface area contributed by atoms with Crippen LogP contribution in [0.5, 0.6) is 17.2 Å². The number of nitrogens with zero attached hydrogens (tertiary/aromatic N) is 1. The molecule has 0 aliphatic carbocycles. The van der Waals surface area contributed by atoms with Crippen LogP contribution >= 0.6 is 43.5 Å². The van der Waals surface area contributed by atoms with Crippen molar-refractivity contribution in [2.24, 2.45) is 5.10 Å². The number of aliphatic hydroxyl groups excluding tert-OH is 1. The second-order valence-corrected chi connectivity index (χ2v) is 11.7. The molecule has 0 bridgehead atoms. The van der Waals surface area contributed by atoms with E-state index in [2.05, 4.69) is 53.0 Å². The first-order valence-corrected chi connectivity index (χ1v) is 15.7. The number of amides is 2. The summed E-state index contributed by atoms with van der Waals surface area (Å²) in [6, 6.07) is 14.9. The molecule has 2 atom stereocenters. The minimum absolute atomic E-state index is 0.157. The van der Waals surface area contributed by atoms with Gasteiger partial charge in [0.15, 0.2) is 17.7 Å². The number of hydrogen-bond acceptors (Lipinski definition) is 9. The fraction of sp³-hybridized carbons (Fsp3) is 0.258. The zero-order chi connectivity index (χ0) is 32.5. The first-order valence-electron chi connectivity index (χ1n) is 13.7. The van der Waals surface area contributed by atoms with Gasteiger partial charge in [-0.05, 0) is 87.2 Å². The number of carbonyl (C=O) groups is 2. The molecule has 1 aliphatic rings. The van der Waals surface area contributed by atoms with E-state index in [0.717, 1.165) is 11.1 Å². The van der Waals surface area contributed by atoms with Crippen LogP contribution in [-0.4, -0.2) is 49.9 Å². The molecule has 45 heavy (non-hydrogen) atoms. The minimum atomic E-state index is -1.15. The van der Waals surface area contributed by atoms with Crippen LogP contribution in [0.1, 0.15) is 36.6 Å². The topological polar surface area (TPSA) is 140 Å². The number of carbonyl (C=O) groups excluding carboxylic acids is 2. The van der Waals surface area contributed by atoms with Crippen LogP contribution < -0.4 is 30.3 Å². The number of esters is 1. The number of benzene rings is 3. The molecule has 238 valence electrons. The molecule has 11 nitrogen and oxygen atoms in total. The number of halogens is 3. The van der Waals surface area contributed by atoms with E-state index in [1.807, 2.05) is 43.3 Å². The molecular weight excluding hydrogens is 736 g/mol. The molecule has 0 radical (unpaired) electrons. The average Bonchev–Trinajstić information content (AvgIpc) is 3.00. The Hall–Kier alpha value is -3.78. The average molecular weight is 767 g/mol. The van der Waals surface area contributed by atoms with E-state index >= 15 is 0 Å². The van der Waals surface area contributed by atoms with Crippen molar-refractivity contribution in [3.8, 4) is 17.2 Å². The summed E-state index contributed by atoms with van der Waals surface area (Å²) in [4.78, 5) is 24.6. The summed E-state index contributed by atoms with van der Waals surface area (Å²) in [6.07, 6.45) is 0.388. The third-order valence-electron chi connectivity index (χ3n) is 6.46. The number of allylic oxidation sites excluding steroid dienone is 1. The molecule has 0 saturated heterocycles. The zero-order valence-corrected chi connectivity index (χ0v) is 28.5. The van der Waals surface area contributed by atoms with Gasteiger partial charge in [0.25, 0.3) is 0 Å². The van der Waals surface area contributed by atoms with Crippen molar-refractivity contribution in [3.05, 3.63) is 96.5 Å². The third kappa shape index (κ3) is 8.91. The highest BCUT2D eigenvalue weighted by atomic mass is 79.9. The van der Waals surface area contributed by atoms with E-state index in [1.54, 1.807) is 31.3 Å². The molecule has 0 spiro atoms. The fourth-order valence-electron chi connectivity index (χ4n) is 4.38. The van der Waals surface area contributed by atoms with Gasteiger partial charge in [-0.1, -0.05) is 35.9 Å². The molecule has 1 aliphatic heterocycles. The highest BCUT2D eigenvalue weighted by molar-refractivity contribution is 9.11. The Morgan fingerprint density at radius 2 is 1.84 bits per heavy atom. The summed E-state index contributed by atoms with van der Waals surface area (Å²) in [6.45, 7) is 3.91. The number of hydrogen-bond donors (Lipinski definition) is 4. The molecule has 2 amide bonds. The normalized spacial score (nSPS) is 15.3. The Morgan fingerprint density at radius 3 is 2.53 bits per heavy atom. The van der Waals surface area contributed by atoms with E-state index in [9.17, 15) is 14.7 Å². The minimum Gasteiger partial charge on any atom is -0.490 e. The van der Waals surface area contributed by atoms with E-state index in [-0.39, 0.29) is 12.2 Å². The van der Waals surface area contributed by atoms with Gasteiger partial charge in [0.05, 0.1) is 40.5 Å². The summed E-state index contributed by atoms with van der Waals surface area (Å²) in [5.74, 6) is 0.758. The maximum atomic E-state index is 12.4. The molecular formula is C31H31Br2ClN4O7. The Balaban J connectivity index is 1.37. The summed E-state index contributed by atoms with van der Waals surface area (Å²) >= 11 is 13.3. The van der Waals surface area contributed by atoms with Gasteiger partial charge in [0.2, 0.25) is 0 Å². The first kappa shape index (κ1) is 34.1. The summed E-state index contributed by atoms with van der Waals surface area (Å²) in [7, 11) is 1.27. The van der Waals surface area contributed by atoms with Crippen LogP contribution in [0.4, 0.5) is 4.79 Å². The van der Waals surface area contributed by atoms with Crippen LogP contribution in [0.3, 0.4) is 0 Å². The zero-order valence-electron chi connectivity index (χ0n) is 24.5. The van der Waals surface area contributed by atoms with Gasteiger partial charge in [-0.15, -0.1) is 0 Å². The van der Waals surface area contributed by atoms with E-state index < -0.39 is 24.3 Å². The Labute approximate surface area is 282 Å². The highest BCUT2D eigenvalue weighted by Gasteiger charge is 2.32. The van der Waals surface area contributed by atoms with Gasteiger partial charge in [-0.3, -0.25) is 5.43 Å². The Morgan fingerprint density at radius 1 is 1.11 bits per heavy atom. The lowest BCUT2D eigenvalue weighted by atomic mass is 9.95. The maximum Gasteiger partial charge on any atom is 0.337 e. The molecule has 1 heterocycles. The predicted octanol–water partition coefficient (Wildman–Crippen LogP) is 5.96. The van der Waals surface area contributed by atoms with Crippen LogP contribution in [0.15, 0.2) is 79.9 Å². The number of rotatable bonds is 13. The maximum absolute atomic E-state index is 12.4. The van der Waals surface area contributed by atoms with Gasteiger partial charge in [-0.25, -0.2) is 9.59 Å². The van der Waals surface area contributed by atoms with E-state index in [4.69, 9.17) is 30.5 Å². The molecule has 14 heteroatoms. The highest BCUT2D eigenvalue weighted by Crippen LogP contribution is 2.36. The van der Waals surface area contributed by atoms with Crippen LogP contribution in [0, 0.1) is 0 Å². The van der Waals surface area contributed by atoms with Crippen LogP contribution in [-0.2, 0) is 16.1 Å². The van der Waals surface area contributed by atoms with E-state index in [0.29, 0.717) is 55.7 Å². The van der Waals surface area contributed by atoms with E-state index in [1.165, 1.54) is 7.11 Å². The van der Waals surface area contributed by atoms with Crippen molar-refractivity contribution in [2.75, 3.05) is 20.3 Å². The number of ether oxygens (including phenoxy) is 4. The molecule has 4 rings (SSSR count). The fourth-order valence-corrected chi connectivity index (χ4v) is 6.02. The number of nitrogens with one attached hydrogen (secondary N) is 3. The van der Waals surface area contributed by atoms with Crippen molar-refractivity contribution in [3.63, 3.8) is 0 Å². The summed E-state index contributed by atoms with van der Waals surface area (Å²) in [5, 5.41) is 20.5. The first-order chi connectivity index (χ1) is 21.6. The molecule has 4 N–H and O–H groups in total. The second kappa shape index (κ2) is 16.0. The van der Waals surface area contributed by atoms with Gasteiger partial charge < -0.3 is 34.7 Å². The molecule has 3 aromatic rings. The van der Waals surface area contributed by atoms with Crippen molar-refractivity contribution in [1.82, 2.24) is 16.1 Å². The molecule has 0 unspecified atom stereocenters. The van der Waals surface area contributed by atoms with Crippen molar-refractivity contribution >= 4 is 61.7 Å². The van der Waals surface area contributed by atoms with Crippen molar-refractivity contribution in [2.45, 2.75) is 32.7 Å². The predicted molar refractivity (Wildman–Crippen MR) is 177 cm³/mol. The molecule has 0 saturated carbocycles. The molecule has 0 fully saturated rings. The number of aliphatic hydroxyl groups is 1. The molecule has 0 aromatic heterocycles. The number of urea groups is 1. The smallest absolute Gasteiger partial charge is 0.337 e. The second-order valence-electron chi connectivity index (χ2n) is 9.61. The Bertz CT molecular complexity index is 1600. The summed E-state index contributed by atoms with van der Waals surface area (Å²) in [5.41, 5.74) is 5.46. The standard InChI is InChI=1S/C31H31Br2ClN4O7/c1-4-43-25-13-19(28-27(30(40)42-3)17(2)36-31(41)37-28)9-10-24(25)44-16-26(39)38-35-14-18-11-21(32)29(22(33)12-18)45-15-20-7-5-6-8-23(20)34/h5-14,26,28,38-39H,4,15-16H2,1-3H3,(H2,36,37,41)/b35-14-/t26-,28-/m1/s1. The molecule has 3 aromatic carbocycles. The number of methoxy groups -OCH3 is 1. The van der Waals surface area contributed by atoms with Crippen LogP contribution in [0.25, 0.3) is 0 Å². The van der Waals surface area contributed by atoms with Gasteiger partial charge in [-0.2, -0.15) is 5.10 Å². The third-order valence-corrected chi connectivity index (χ3v) is 8.01. The van der Waals surface area contributed by atoms with Crippen molar-refractivity contribution < 1.29 is 33.6 Å². The largest absolute Gasteiger partial charge is 0.490 e.